The zero-order valence-corrected chi connectivity index (χ0v) is 10.9. The second-order valence-corrected chi connectivity index (χ2v) is 5.37. The molecule has 1 heterocycles. The van der Waals surface area contributed by atoms with Gasteiger partial charge >= 0.3 is 5.97 Å². The van der Waals surface area contributed by atoms with Gasteiger partial charge in [0.05, 0.1) is 5.60 Å². The van der Waals surface area contributed by atoms with Crippen LogP contribution in [0.4, 0.5) is 0 Å². The van der Waals surface area contributed by atoms with E-state index in [-0.39, 0.29) is 12.3 Å². The minimum Gasteiger partial charge on any atom is -0.480 e. The lowest BCUT2D eigenvalue weighted by atomic mass is 9.86. The Morgan fingerprint density at radius 1 is 1.47 bits per heavy atom. The summed E-state index contributed by atoms with van der Waals surface area (Å²) in [6.07, 6.45) is 1.45. The Balaban J connectivity index is 2.97. The molecule has 5 heteroatoms. The first-order valence-corrected chi connectivity index (χ1v) is 5.82. The molecular formula is C12H21NO4. The van der Waals surface area contributed by atoms with Crippen LogP contribution in [0.25, 0.3) is 0 Å². The Morgan fingerprint density at radius 3 is 2.41 bits per heavy atom. The SMILES string of the molecule is COC(C)(C)CC(C)(C(=O)O)N1CCCC1=O. The highest BCUT2D eigenvalue weighted by molar-refractivity contribution is 5.88. The Morgan fingerprint density at radius 2 is 2.06 bits per heavy atom. The smallest absolute Gasteiger partial charge is 0.329 e. The number of carbonyl (C=O) groups excluding carboxylic acids is 1. The van der Waals surface area contributed by atoms with Crippen LogP contribution >= 0.6 is 0 Å². The van der Waals surface area contributed by atoms with Crippen LogP contribution in [0.5, 0.6) is 0 Å². The van der Waals surface area contributed by atoms with Crippen LogP contribution in [0.15, 0.2) is 0 Å². The number of carboxylic acids is 1. The van der Waals surface area contributed by atoms with Crippen LogP contribution in [0.3, 0.4) is 0 Å². The van der Waals surface area contributed by atoms with E-state index in [4.69, 9.17) is 4.74 Å². The van der Waals surface area contributed by atoms with Gasteiger partial charge in [-0.1, -0.05) is 0 Å². The molecule has 0 bridgehead atoms. The summed E-state index contributed by atoms with van der Waals surface area (Å²) < 4.78 is 5.28. The Kier molecular flexibility index (Phi) is 3.81. The van der Waals surface area contributed by atoms with Gasteiger partial charge in [-0.3, -0.25) is 4.79 Å². The molecule has 0 aromatic rings. The average molecular weight is 243 g/mol. The molecule has 0 spiro atoms. The molecule has 17 heavy (non-hydrogen) atoms. The lowest BCUT2D eigenvalue weighted by Crippen LogP contribution is -2.56. The van der Waals surface area contributed by atoms with Gasteiger partial charge in [0.25, 0.3) is 0 Å². The number of carbonyl (C=O) groups is 2. The van der Waals surface area contributed by atoms with E-state index in [0.29, 0.717) is 13.0 Å². The molecule has 0 aromatic carbocycles. The fourth-order valence-electron chi connectivity index (χ4n) is 2.36. The predicted octanol–water partition coefficient (Wildman–Crippen LogP) is 1.27. The fourth-order valence-corrected chi connectivity index (χ4v) is 2.36. The van der Waals surface area contributed by atoms with E-state index >= 15 is 0 Å². The van der Waals surface area contributed by atoms with Crippen molar-refractivity contribution in [1.82, 2.24) is 4.90 Å². The molecule has 1 amide bonds. The van der Waals surface area contributed by atoms with Crippen molar-refractivity contribution in [2.45, 2.75) is 51.2 Å². The molecule has 1 aliphatic heterocycles. The van der Waals surface area contributed by atoms with Crippen molar-refractivity contribution in [2.75, 3.05) is 13.7 Å². The van der Waals surface area contributed by atoms with E-state index in [1.165, 1.54) is 4.90 Å². The second-order valence-electron chi connectivity index (χ2n) is 5.37. The Hall–Kier alpha value is -1.10. The van der Waals surface area contributed by atoms with Gasteiger partial charge in [0, 0.05) is 26.5 Å². The van der Waals surface area contributed by atoms with Crippen LogP contribution < -0.4 is 0 Å². The van der Waals surface area contributed by atoms with Gasteiger partial charge in [-0.05, 0) is 27.2 Å². The van der Waals surface area contributed by atoms with E-state index in [1.807, 2.05) is 13.8 Å². The lowest BCUT2D eigenvalue weighted by molar-refractivity contribution is -0.160. The summed E-state index contributed by atoms with van der Waals surface area (Å²) >= 11 is 0. The molecule has 5 nitrogen and oxygen atoms in total. The molecule has 1 aliphatic rings. The number of ether oxygens (including phenoxy) is 1. The van der Waals surface area contributed by atoms with Gasteiger partial charge in [0.15, 0.2) is 0 Å². The molecule has 0 radical (unpaired) electrons. The second kappa shape index (κ2) is 4.64. The van der Waals surface area contributed by atoms with Crippen molar-refractivity contribution < 1.29 is 19.4 Å². The first kappa shape index (κ1) is 14.0. The Labute approximate surface area is 102 Å². The number of hydrogen-bond donors (Lipinski definition) is 1. The van der Waals surface area contributed by atoms with Crippen molar-refractivity contribution in [3.05, 3.63) is 0 Å². The third kappa shape index (κ3) is 2.77. The number of rotatable bonds is 5. The number of methoxy groups -OCH3 is 1. The minimum absolute atomic E-state index is 0.0817. The predicted molar refractivity (Wildman–Crippen MR) is 62.7 cm³/mol. The normalized spacial score (nSPS) is 20.5. The van der Waals surface area contributed by atoms with Gasteiger partial charge in [-0.2, -0.15) is 0 Å². The van der Waals surface area contributed by atoms with Gasteiger partial charge in [0.1, 0.15) is 5.54 Å². The summed E-state index contributed by atoms with van der Waals surface area (Å²) in [6, 6.07) is 0. The number of hydrogen-bond acceptors (Lipinski definition) is 3. The van der Waals surface area contributed by atoms with E-state index in [1.54, 1.807) is 14.0 Å². The third-order valence-corrected chi connectivity index (χ3v) is 3.45. The zero-order chi connectivity index (χ0) is 13.3. The van der Waals surface area contributed by atoms with Gasteiger partial charge < -0.3 is 14.7 Å². The van der Waals surface area contributed by atoms with Crippen molar-refractivity contribution in [2.24, 2.45) is 0 Å². The third-order valence-electron chi connectivity index (χ3n) is 3.45. The summed E-state index contributed by atoms with van der Waals surface area (Å²) in [5.74, 6) is -1.06. The monoisotopic (exact) mass is 243 g/mol. The summed E-state index contributed by atoms with van der Waals surface area (Å²) in [7, 11) is 1.55. The number of carboxylic acid groups (broad SMARTS) is 1. The number of aliphatic carboxylic acids is 1. The summed E-state index contributed by atoms with van der Waals surface area (Å²) in [5, 5.41) is 9.42. The van der Waals surface area contributed by atoms with Gasteiger partial charge in [-0.25, -0.2) is 4.79 Å². The molecule has 98 valence electrons. The highest BCUT2D eigenvalue weighted by atomic mass is 16.5. The minimum atomic E-state index is -1.19. The summed E-state index contributed by atoms with van der Waals surface area (Å²) in [6.45, 7) is 5.77. The first-order valence-electron chi connectivity index (χ1n) is 5.82. The number of amides is 1. The molecule has 0 aliphatic carbocycles. The topological polar surface area (TPSA) is 66.8 Å². The molecule has 1 saturated heterocycles. The molecule has 1 unspecified atom stereocenters. The van der Waals surface area contributed by atoms with Crippen LogP contribution in [0.2, 0.25) is 0 Å². The number of nitrogens with zero attached hydrogens (tertiary/aromatic N) is 1. The Bertz CT molecular complexity index is 326. The molecular weight excluding hydrogens is 222 g/mol. The van der Waals surface area contributed by atoms with Crippen LogP contribution in [0, 0.1) is 0 Å². The maximum absolute atomic E-state index is 11.7. The summed E-state index contributed by atoms with van der Waals surface area (Å²) in [5.41, 5.74) is -1.76. The zero-order valence-electron chi connectivity index (χ0n) is 10.9. The maximum Gasteiger partial charge on any atom is 0.329 e. The molecule has 0 aromatic heterocycles. The molecule has 0 saturated carbocycles. The fraction of sp³-hybridized carbons (Fsp3) is 0.833. The van der Waals surface area contributed by atoms with Crippen molar-refractivity contribution in [3.63, 3.8) is 0 Å². The maximum atomic E-state index is 11.7. The lowest BCUT2D eigenvalue weighted by Gasteiger charge is -2.40. The standard InChI is InChI=1S/C12H21NO4/c1-11(2,17-4)8-12(3,10(15)16)13-7-5-6-9(13)14/h5-8H2,1-4H3,(H,15,16). The molecule has 1 rings (SSSR count). The van der Waals surface area contributed by atoms with E-state index in [0.717, 1.165) is 6.42 Å². The van der Waals surface area contributed by atoms with Crippen molar-refractivity contribution >= 4 is 11.9 Å². The average Bonchev–Trinajstić information content (AvgIpc) is 2.64. The van der Waals surface area contributed by atoms with Gasteiger partial charge in [-0.15, -0.1) is 0 Å². The van der Waals surface area contributed by atoms with Crippen LogP contribution in [-0.4, -0.2) is 46.7 Å². The highest BCUT2D eigenvalue weighted by Gasteiger charge is 2.47. The van der Waals surface area contributed by atoms with Gasteiger partial charge in [0.2, 0.25) is 5.91 Å². The van der Waals surface area contributed by atoms with Crippen molar-refractivity contribution in [1.29, 1.82) is 0 Å². The molecule has 1 fully saturated rings. The van der Waals surface area contributed by atoms with E-state index in [9.17, 15) is 14.7 Å². The first-order chi connectivity index (χ1) is 7.73. The highest BCUT2D eigenvalue weighted by Crippen LogP contribution is 2.32. The largest absolute Gasteiger partial charge is 0.480 e. The van der Waals surface area contributed by atoms with E-state index in [2.05, 4.69) is 0 Å². The van der Waals surface area contributed by atoms with Crippen LogP contribution in [0.1, 0.15) is 40.0 Å². The quantitative estimate of drug-likeness (QED) is 0.789. The van der Waals surface area contributed by atoms with Crippen LogP contribution in [-0.2, 0) is 14.3 Å². The van der Waals surface area contributed by atoms with Crippen molar-refractivity contribution in [3.8, 4) is 0 Å². The molecule has 1 N–H and O–H groups in total. The number of likely N-dealkylation sites (tertiary alicyclic amines) is 1. The van der Waals surface area contributed by atoms with E-state index < -0.39 is 17.1 Å². The summed E-state index contributed by atoms with van der Waals surface area (Å²) in [4.78, 5) is 24.7. The molecule has 1 atom stereocenters.